The fraction of sp³-hybridized carbons (Fsp3) is 0.455. The number of rotatable bonds is 9. The molecule has 1 heterocycles. The molecule has 162 valence electrons. The molecule has 0 unspecified atom stereocenters. The fourth-order valence-electron chi connectivity index (χ4n) is 3.37. The Morgan fingerprint density at radius 2 is 2.03 bits per heavy atom. The highest BCUT2D eigenvalue weighted by Gasteiger charge is 2.18. The lowest BCUT2D eigenvalue weighted by Crippen LogP contribution is -2.36. The average Bonchev–Trinajstić information content (AvgIpc) is 3.43. The van der Waals surface area contributed by atoms with Crippen LogP contribution < -0.4 is 25.8 Å². The second-order valence-electron chi connectivity index (χ2n) is 7.18. The molecule has 0 bridgehead atoms. The normalized spacial score (nSPS) is 14.5. The lowest BCUT2D eigenvalue weighted by molar-refractivity contribution is 0.0972. The SMILES string of the molecule is CCNC(=NCc1ccc(OC)cc1OC1CCCC1)NCc1ccc(C(N)=O)o1. The van der Waals surface area contributed by atoms with Crippen molar-refractivity contribution in [3.05, 3.63) is 47.4 Å². The summed E-state index contributed by atoms with van der Waals surface area (Å²) >= 11 is 0. The molecule has 0 atom stereocenters. The average molecular weight is 415 g/mol. The van der Waals surface area contributed by atoms with Crippen LogP contribution in [0.3, 0.4) is 0 Å². The number of guanidine groups is 1. The van der Waals surface area contributed by atoms with Gasteiger partial charge in [0.15, 0.2) is 11.7 Å². The Hall–Kier alpha value is -3.16. The smallest absolute Gasteiger partial charge is 0.284 e. The lowest BCUT2D eigenvalue weighted by atomic mass is 10.2. The zero-order valence-corrected chi connectivity index (χ0v) is 17.6. The molecule has 0 saturated heterocycles. The summed E-state index contributed by atoms with van der Waals surface area (Å²) in [7, 11) is 1.65. The van der Waals surface area contributed by atoms with Crippen LogP contribution in [0, 0.1) is 0 Å². The number of carbonyl (C=O) groups excluding carboxylic acids is 1. The first-order chi connectivity index (χ1) is 14.6. The zero-order valence-electron chi connectivity index (χ0n) is 17.6. The van der Waals surface area contributed by atoms with Gasteiger partial charge >= 0.3 is 0 Å². The Labute approximate surface area is 176 Å². The van der Waals surface area contributed by atoms with Gasteiger partial charge in [-0.25, -0.2) is 4.99 Å². The summed E-state index contributed by atoms with van der Waals surface area (Å²) in [6.45, 7) is 3.54. The van der Waals surface area contributed by atoms with Gasteiger partial charge in [-0.1, -0.05) is 0 Å². The number of amides is 1. The summed E-state index contributed by atoms with van der Waals surface area (Å²) in [5.74, 6) is 2.37. The van der Waals surface area contributed by atoms with E-state index in [1.165, 1.54) is 12.8 Å². The van der Waals surface area contributed by atoms with Gasteiger partial charge in [-0.05, 0) is 56.9 Å². The first-order valence-corrected chi connectivity index (χ1v) is 10.3. The molecular formula is C22H30N4O4. The summed E-state index contributed by atoms with van der Waals surface area (Å²) in [5, 5.41) is 6.41. The van der Waals surface area contributed by atoms with Gasteiger partial charge in [0.2, 0.25) is 0 Å². The van der Waals surface area contributed by atoms with Crippen LogP contribution in [0.5, 0.6) is 11.5 Å². The second-order valence-corrected chi connectivity index (χ2v) is 7.18. The van der Waals surface area contributed by atoms with Crippen molar-refractivity contribution in [2.45, 2.75) is 51.8 Å². The molecule has 8 heteroatoms. The summed E-state index contributed by atoms with van der Waals surface area (Å²) in [5.41, 5.74) is 6.22. The minimum absolute atomic E-state index is 0.140. The summed E-state index contributed by atoms with van der Waals surface area (Å²) in [4.78, 5) is 15.8. The number of hydrogen-bond acceptors (Lipinski definition) is 5. The number of methoxy groups -OCH3 is 1. The van der Waals surface area contributed by atoms with Crippen LogP contribution in [-0.4, -0.2) is 31.6 Å². The van der Waals surface area contributed by atoms with Crippen LogP contribution in [0.25, 0.3) is 0 Å². The number of nitrogens with two attached hydrogens (primary N) is 1. The third kappa shape index (κ3) is 5.92. The van der Waals surface area contributed by atoms with Crippen molar-refractivity contribution >= 4 is 11.9 Å². The number of primary amides is 1. The van der Waals surface area contributed by atoms with E-state index in [-0.39, 0.29) is 11.9 Å². The van der Waals surface area contributed by atoms with Crippen LogP contribution in [0.1, 0.15) is 54.5 Å². The molecule has 4 N–H and O–H groups in total. The molecule has 0 aliphatic heterocycles. The number of furan rings is 1. The molecule has 3 rings (SSSR count). The van der Waals surface area contributed by atoms with Crippen molar-refractivity contribution in [3.63, 3.8) is 0 Å². The first kappa shape index (κ1) is 21.5. The van der Waals surface area contributed by atoms with Gasteiger partial charge in [0.25, 0.3) is 5.91 Å². The predicted octanol–water partition coefficient (Wildman–Crippen LogP) is 2.96. The monoisotopic (exact) mass is 414 g/mol. The minimum atomic E-state index is -0.587. The van der Waals surface area contributed by atoms with E-state index in [2.05, 4.69) is 15.6 Å². The van der Waals surface area contributed by atoms with E-state index < -0.39 is 5.91 Å². The molecule has 1 aliphatic rings. The van der Waals surface area contributed by atoms with E-state index in [1.807, 2.05) is 25.1 Å². The van der Waals surface area contributed by atoms with E-state index >= 15 is 0 Å². The highest BCUT2D eigenvalue weighted by molar-refractivity contribution is 5.89. The number of hydrogen-bond donors (Lipinski definition) is 3. The van der Waals surface area contributed by atoms with Crippen molar-refractivity contribution in [2.24, 2.45) is 10.7 Å². The van der Waals surface area contributed by atoms with Crippen molar-refractivity contribution in [3.8, 4) is 11.5 Å². The number of benzene rings is 1. The zero-order chi connectivity index (χ0) is 21.3. The largest absolute Gasteiger partial charge is 0.497 e. The van der Waals surface area contributed by atoms with E-state index in [4.69, 9.17) is 19.6 Å². The van der Waals surface area contributed by atoms with Gasteiger partial charge in [-0.15, -0.1) is 0 Å². The van der Waals surface area contributed by atoms with E-state index in [1.54, 1.807) is 19.2 Å². The molecule has 1 aliphatic carbocycles. The summed E-state index contributed by atoms with van der Waals surface area (Å²) in [6, 6.07) is 9.11. The molecule has 1 amide bonds. The van der Waals surface area contributed by atoms with E-state index in [0.717, 1.165) is 29.9 Å². The highest BCUT2D eigenvalue weighted by atomic mass is 16.5. The molecule has 0 spiro atoms. The van der Waals surface area contributed by atoms with Crippen LogP contribution in [-0.2, 0) is 13.1 Å². The molecular weight excluding hydrogens is 384 g/mol. The molecule has 8 nitrogen and oxygen atoms in total. The predicted molar refractivity (Wildman–Crippen MR) is 115 cm³/mol. The molecule has 1 fully saturated rings. The Morgan fingerprint density at radius 1 is 1.23 bits per heavy atom. The van der Waals surface area contributed by atoms with Crippen LogP contribution in [0.15, 0.2) is 39.7 Å². The van der Waals surface area contributed by atoms with Crippen molar-refractivity contribution in [1.82, 2.24) is 10.6 Å². The van der Waals surface area contributed by atoms with E-state index in [9.17, 15) is 4.79 Å². The lowest BCUT2D eigenvalue weighted by Gasteiger charge is -2.17. The van der Waals surface area contributed by atoms with Crippen molar-refractivity contribution in [2.75, 3.05) is 13.7 Å². The second kappa shape index (κ2) is 10.6. The van der Waals surface area contributed by atoms with Gasteiger partial charge in [0.1, 0.15) is 17.3 Å². The molecule has 1 aromatic carbocycles. The third-order valence-corrected chi connectivity index (χ3v) is 4.96. The van der Waals surface area contributed by atoms with Gasteiger partial charge in [0, 0.05) is 18.2 Å². The number of nitrogens with zero attached hydrogens (tertiary/aromatic N) is 1. The quantitative estimate of drug-likeness (QED) is 0.430. The Balaban J connectivity index is 1.68. The van der Waals surface area contributed by atoms with Gasteiger partial charge in [0.05, 0.1) is 26.3 Å². The molecule has 2 aromatic rings. The highest BCUT2D eigenvalue weighted by Crippen LogP contribution is 2.30. The Kier molecular flexibility index (Phi) is 7.59. The maximum absolute atomic E-state index is 11.2. The number of carbonyl (C=O) groups is 1. The molecule has 0 radical (unpaired) electrons. The number of nitrogens with one attached hydrogen (secondary N) is 2. The number of aliphatic imine (C=N–C) groups is 1. The van der Waals surface area contributed by atoms with E-state index in [0.29, 0.717) is 31.4 Å². The molecule has 30 heavy (non-hydrogen) atoms. The van der Waals surface area contributed by atoms with Crippen LogP contribution in [0.2, 0.25) is 0 Å². The van der Waals surface area contributed by atoms with Crippen LogP contribution in [0.4, 0.5) is 0 Å². The minimum Gasteiger partial charge on any atom is -0.497 e. The van der Waals surface area contributed by atoms with Crippen molar-refractivity contribution < 1.29 is 18.7 Å². The number of ether oxygens (including phenoxy) is 2. The summed E-state index contributed by atoms with van der Waals surface area (Å²) in [6.07, 6.45) is 4.84. The Bertz CT molecular complexity index is 872. The third-order valence-electron chi connectivity index (χ3n) is 4.96. The van der Waals surface area contributed by atoms with Crippen LogP contribution >= 0.6 is 0 Å². The fourth-order valence-corrected chi connectivity index (χ4v) is 3.37. The Morgan fingerprint density at radius 3 is 2.70 bits per heavy atom. The standard InChI is InChI=1S/C22H30N4O4/c1-3-24-22(26-14-18-10-11-19(30-18)21(23)27)25-13-15-8-9-17(28-2)12-20(15)29-16-6-4-5-7-16/h8-12,16H,3-7,13-14H2,1-2H3,(H2,23,27)(H2,24,25,26). The maximum Gasteiger partial charge on any atom is 0.284 e. The topological polar surface area (TPSA) is 111 Å². The van der Waals surface area contributed by atoms with Gasteiger partial charge in [-0.2, -0.15) is 0 Å². The molecule has 1 saturated carbocycles. The van der Waals surface area contributed by atoms with Gasteiger partial charge < -0.3 is 30.3 Å². The van der Waals surface area contributed by atoms with Crippen molar-refractivity contribution in [1.29, 1.82) is 0 Å². The maximum atomic E-state index is 11.2. The summed E-state index contributed by atoms with van der Waals surface area (Å²) < 4.78 is 17.0. The first-order valence-electron chi connectivity index (χ1n) is 10.3. The van der Waals surface area contributed by atoms with Gasteiger partial charge in [-0.3, -0.25) is 4.79 Å². The molecule has 1 aromatic heterocycles.